The average molecular weight is 273 g/mol. The van der Waals surface area contributed by atoms with Crippen molar-refractivity contribution in [2.45, 2.75) is 13.5 Å². The lowest BCUT2D eigenvalue weighted by Crippen LogP contribution is -2.05. The molecule has 3 rings (SSSR count). The number of halogens is 2. The second-order valence-electron chi connectivity index (χ2n) is 4.55. The smallest absolute Gasteiger partial charge is 0.149 e. The van der Waals surface area contributed by atoms with Crippen molar-refractivity contribution in [3.05, 3.63) is 65.6 Å². The number of fused-ring (bicyclic) bond motifs is 1. The van der Waals surface area contributed by atoms with Crippen molar-refractivity contribution < 1.29 is 8.78 Å². The molecule has 0 unspecified atom stereocenters. The number of aromatic nitrogens is 2. The van der Waals surface area contributed by atoms with Crippen LogP contribution >= 0.6 is 0 Å². The van der Waals surface area contributed by atoms with E-state index in [9.17, 15) is 8.78 Å². The van der Waals surface area contributed by atoms with Crippen LogP contribution in [0.5, 0.6) is 0 Å². The van der Waals surface area contributed by atoms with E-state index in [1.807, 2.05) is 35.7 Å². The van der Waals surface area contributed by atoms with Gasteiger partial charge in [0.2, 0.25) is 0 Å². The van der Waals surface area contributed by atoms with Gasteiger partial charge in [-0.25, -0.2) is 13.8 Å². The van der Waals surface area contributed by atoms with Gasteiger partial charge in [-0.05, 0) is 31.2 Å². The molecule has 0 aliphatic heterocycles. The van der Waals surface area contributed by atoms with Crippen LogP contribution in [-0.4, -0.2) is 9.38 Å². The summed E-state index contributed by atoms with van der Waals surface area (Å²) in [5, 5.41) is 2.97. The number of aryl methyl sites for hydroxylation is 1. The van der Waals surface area contributed by atoms with Crippen molar-refractivity contribution in [2.75, 3.05) is 5.32 Å². The van der Waals surface area contributed by atoms with Crippen molar-refractivity contribution in [3.8, 4) is 0 Å². The van der Waals surface area contributed by atoms with Crippen LogP contribution in [0.3, 0.4) is 0 Å². The lowest BCUT2D eigenvalue weighted by molar-refractivity contribution is 0.585. The van der Waals surface area contributed by atoms with Gasteiger partial charge in [-0.2, -0.15) is 0 Å². The van der Waals surface area contributed by atoms with Gasteiger partial charge in [-0.1, -0.05) is 6.07 Å². The Morgan fingerprint density at radius 3 is 2.85 bits per heavy atom. The van der Waals surface area contributed by atoms with Crippen LogP contribution in [0.2, 0.25) is 0 Å². The largest absolute Gasteiger partial charge is 0.377 e. The Bertz CT molecular complexity index is 765. The molecule has 1 N–H and O–H groups in total. The predicted molar refractivity (Wildman–Crippen MR) is 73.6 cm³/mol. The number of hydrogen-bond donors (Lipinski definition) is 1. The summed E-state index contributed by atoms with van der Waals surface area (Å²) in [6.45, 7) is 2.32. The molecule has 0 bridgehead atoms. The van der Waals surface area contributed by atoms with Crippen molar-refractivity contribution in [1.82, 2.24) is 9.38 Å². The van der Waals surface area contributed by atoms with E-state index in [1.165, 1.54) is 12.1 Å². The Morgan fingerprint density at radius 2 is 2.05 bits per heavy atom. The molecule has 20 heavy (non-hydrogen) atoms. The number of benzene rings is 1. The minimum absolute atomic E-state index is 0.275. The summed E-state index contributed by atoms with van der Waals surface area (Å²) in [5.74, 6) is -1.18. The number of nitrogens with zero attached hydrogens (tertiary/aromatic N) is 2. The summed E-state index contributed by atoms with van der Waals surface area (Å²) in [7, 11) is 0. The zero-order valence-electron chi connectivity index (χ0n) is 10.9. The van der Waals surface area contributed by atoms with Crippen LogP contribution in [-0.2, 0) is 6.54 Å². The molecule has 5 heteroatoms. The lowest BCUT2D eigenvalue weighted by atomic mass is 10.2. The highest BCUT2D eigenvalue weighted by Crippen LogP contribution is 2.18. The monoisotopic (exact) mass is 273 g/mol. The molecule has 0 fully saturated rings. The summed E-state index contributed by atoms with van der Waals surface area (Å²) >= 11 is 0. The van der Waals surface area contributed by atoms with E-state index in [0.29, 0.717) is 6.54 Å². The molecule has 0 radical (unpaired) electrons. The molecule has 0 spiro atoms. The molecule has 102 valence electrons. The maximum absolute atomic E-state index is 13.6. The van der Waals surface area contributed by atoms with E-state index in [2.05, 4.69) is 10.3 Å². The van der Waals surface area contributed by atoms with Crippen molar-refractivity contribution in [3.63, 3.8) is 0 Å². The highest BCUT2D eigenvalue weighted by atomic mass is 19.1. The quantitative estimate of drug-likeness (QED) is 0.791. The van der Waals surface area contributed by atoms with E-state index in [-0.39, 0.29) is 5.69 Å². The van der Waals surface area contributed by atoms with Gasteiger partial charge in [-0.15, -0.1) is 0 Å². The van der Waals surface area contributed by atoms with Gasteiger partial charge in [0.15, 0.2) is 0 Å². The molecule has 0 saturated heterocycles. The normalized spacial score (nSPS) is 10.9. The minimum Gasteiger partial charge on any atom is -0.377 e. The Balaban J connectivity index is 1.88. The van der Waals surface area contributed by atoms with E-state index in [1.54, 1.807) is 0 Å². The Labute approximate surface area is 114 Å². The van der Waals surface area contributed by atoms with Gasteiger partial charge in [0, 0.05) is 12.3 Å². The molecular weight excluding hydrogens is 260 g/mol. The first kappa shape index (κ1) is 12.6. The van der Waals surface area contributed by atoms with Gasteiger partial charge in [0.1, 0.15) is 17.3 Å². The fourth-order valence-electron chi connectivity index (χ4n) is 2.19. The van der Waals surface area contributed by atoms with Crippen LogP contribution in [0, 0.1) is 18.6 Å². The Kier molecular flexibility index (Phi) is 3.10. The highest BCUT2D eigenvalue weighted by molar-refractivity contribution is 5.47. The fraction of sp³-hybridized carbons (Fsp3) is 0.133. The van der Waals surface area contributed by atoms with Gasteiger partial charge >= 0.3 is 0 Å². The number of imidazole rings is 1. The number of nitrogens with one attached hydrogen (secondary N) is 1. The zero-order valence-corrected chi connectivity index (χ0v) is 10.9. The first-order valence-electron chi connectivity index (χ1n) is 6.26. The molecule has 1 aromatic carbocycles. The summed E-state index contributed by atoms with van der Waals surface area (Å²) in [6.07, 6.45) is 1.91. The van der Waals surface area contributed by atoms with Gasteiger partial charge in [0.05, 0.1) is 23.6 Å². The Hall–Kier alpha value is -2.43. The van der Waals surface area contributed by atoms with Crippen molar-refractivity contribution in [1.29, 1.82) is 0 Å². The summed E-state index contributed by atoms with van der Waals surface area (Å²) in [5.41, 5.74) is 2.95. The third kappa shape index (κ3) is 2.22. The van der Waals surface area contributed by atoms with Crippen LogP contribution in [0.1, 0.15) is 11.4 Å². The number of rotatable bonds is 3. The van der Waals surface area contributed by atoms with E-state index < -0.39 is 11.6 Å². The van der Waals surface area contributed by atoms with Crippen molar-refractivity contribution in [2.24, 2.45) is 0 Å². The summed E-state index contributed by atoms with van der Waals surface area (Å²) in [4.78, 5) is 4.43. The zero-order chi connectivity index (χ0) is 14.1. The first-order valence-corrected chi connectivity index (χ1v) is 6.26. The third-order valence-electron chi connectivity index (χ3n) is 3.21. The van der Waals surface area contributed by atoms with E-state index in [0.717, 1.165) is 23.1 Å². The van der Waals surface area contributed by atoms with Crippen LogP contribution in [0.4, 0.5) is 14.5 Å². The SMILES string of the molecule is Cc1nc2ccccn2c1CNc1ccc(F)cc1F. The van der Waals surface area contributed by atoms with Gasteiger partial charge in [-0.3, -0.25) is 0 Å². The molecule has 0 amide bonds. The van der Waals surface area contributed by atoms with Gasteiger partial charge < -0.3 is 9.72 Å². The molecule has 0 aliphatic rings. The molecule has 3 nitrogen and oxygen atoms in total. The summed E-state index contributed by atoms with van der Waals surface area (Å²) in [6, 6.07) is 9.23. The van der Waals surface area contributed by atoms with E-state index in [4.69, 9.17) is 0 Å². The Morgan fingerprint density at radius 1 is 1.20 bits per heavy atom. The van der Waals surface area contributed by atoms with Crippen LogP contribution in [0.15, 0.2) is 42.6 Å². The number of anilines is 1. The second-order valence-corrected chi connectivity index (χ2v) is 4.55. The average Bonchev–Trinajstić information content (AvgIpc) is 2.74. The van der Waals surface area contributed by atoms with Crippen LogP contribution in [0.25, 0.3) is 5.65 Å². The first-order chi connectivity index (χ1) is 9.65. The number of pyridine rings is 1. The molecular formula is C15H13F2N3. The van der Waals surface area contributed by atoms with Crippen LogP contribution < -0.4 is 5.32 Å². The molecule has 2 heterocycles. The molecule has 3 aromatic rings. The highest BCUT2D eigenvalue weighted by Gasteiger charge is 2.09. The third-order valence-corrected chi connectivity index (χ3v) is 3.21. The predicted octanol–water partition coefficient (Wildman–Crippen LogP) is 3.53. The number of hydrogen-bond acceptors (Lipinski definition) is 2. The topological polar surface area (TPSA) is 29.3 Å². The molecule has 0 atom stereocenters. The van der Waals surface area contributed by atoms with E-state index >= 15 is 0 Å². The lowest BCUT2D eigenvalue weighted by Gasteiger charge is -2.08. The van der Waals surface area contributed by atoms with Gasteiger partial charge in [0.25, 0.3) is 0 Å². The summed E-state index contributed by atoms with van der Waals surface area (Å²) < 4.78 is 28.4. The minimum atomic E-state index is -0.600. The molecule has 0 aliphatic carbocycles. The second kappa shape index (κ2) is 4.92. The maximum Gasteiger partial charge on any atom is 0.149 e. The molecule has 2 aromatic heterocycles. The standard InChI is InChI=1S/C15H13F2N3/c1-10-14(20-7-3-2-4-15(20)19-10)9-18-13-6-5-11(16)8-12(13)17/h2-8,18H,9H2,1H3. The maximum atomic E-state index is 13.6. The fourth-order valence-corrected chi connectivity index (χ4v) is 2.19. The van der Waals surface area contributed by atoms with Crippen molar-refractivity contribution >= 4 is 11.3 Å². The molecule has 0 saturated carbocycles.